The Balaban J connectivity index is 1.85. The number of rotatable bonds is 3. The second kappa shape index (κ2) is 5.05. The summed E-state index contributed by atoms with van der Waals surface area (Å²) in [5.74, 6) is -0.715. The zero-order chi connectivity index (χ0) is 13.2. The largest absolute Gasteiger partial charge is 0.480 e. The number of hydrogen-bond donors (Lipinski definition) is 1. The van der Waals surface area contributed by atoms with Crippen LogP contribution in [0.1, 0.15) is 24.8 Å². The van der Waals surface area contributed by atoms with Crippen molar-refractivity contribution >= 4 is 16.9 Å². The standard InChI is InChI=1S/C15H17NO3/c17-15(18)13-6-3-4-8-16(13)9-11-10-19-14-7-2-1-5-12(11)14/h1-2,5,7,10,13H,3-4,6,8-9H2,(H,17,18). The Morgan fingerprint density at radius 3 is 3.05 bits per heavy atom. The van der Waals surface area contributed by atoms with Crippen molar-refractivity contribution in [3.8, 4) is 0 Å². The summed E-state index contributed by atoms with van der Waals surface area (Å²) in [7, 11) is 0. The molecule has 1 aliphatic rings. The lowest BCUT2D eigenvalue weighted by molar-refractivity contribution is -0.144. The van der Waals surface area contributed by atoms with E-state index in [-0.39, 0.29) is 6.04 Å². The molecule has 0 amide bonds. The Kier molecular flexibility index (Phi) is 3.25. The number of aliphatic carboxylic acids is 1. The van der Waals surface area contributed by atoms with E-state index in [1.54, 1.807) is 6.26 Å². The predicted octanol–water partition coefficient (Wildman–Crippen LogP) is 2.87. The van der Waals surface area contributed by atoms with E-state index in [2.05, 4.69) is 0 Å². The number of piperidine rings is 1. The lowest BCUT2D eigenvalue weighted by Gasteiger charge is -2.32. The average Bonchev–Trinajstić information content (AvgIpc) is 2.83. The number of para-hydroxylation sites is 1. The smallest absolute Gasteiger partial charge is 0.320 e. The molecule has 1 unspecified atom stereocenters. The van der Waals surface area contributed by atoms with E-state index >= 15 is 0 Å². The average molecular weight is 259 g/mol. The SMILES string of the molecule is O=C(O)C1CCCCN1Cc1coc2ccccc12. The van der Waals surface area contributed by atoms with Gasteiger partial charge < -0.3 is 9.52 Å². The van der Waals surface area contributed by atoms with Crippen molar-refractivity contribution in [2.45, 2.75) is 31.8 Å². The number of carboxylic acids is 1. The fourth-order valence-corrected chi connectivity index (χ4v) is 2.83. The van der Waals surface area contributed by atoms with Crippen molar-refractivity contribution in [3.63, 3.8) is 0 Å². The van der Waals surface area contributed by atoms with Crippen LogP contribution in [0.3, 0.4) is 0 Å². The molecule has 4 nitrogen and oxygen atoms in total. The number of fused-ring (bicyclic) bond motifs is 1. The molecule has 1 aliphatic heterocycles. The molecule has 0 saturated carbocycles. The molecule has 0 radical (unpaired) electrons. The van der Waals surface area contributed by atoms with Crippen LogP contribution in [0, 0.1) is 0 Å². The molecule has 2 aromatic rings. The van der Waals surface area contributed by atoms with Gasteiger partial charge in [0, 0.05) is 17.5 Å². The fourth-order valence-electron chi connectivity index (χ4n) is 2.83. The third-order valence-electron chi connectivity index (χ3n) is 3.83. The van der Waals surface area contributed by atoms with Gasteiger partial charge in [0.2, 0.25) is 0 Å². The van der Waals surface area contributed by atoms with Crippen LogP contribution in [0.5, 0.6) is 0 Å². The summed E-state index contributed by atoms with van der Waals surface area (Å²) in [6, 6.07) is 7.52. The van der Waals surface area contributed by atoms with Crippen LogP contribution in [0.4, 0.5) is 0 Å². The van der Waals surface area contributed by atoms with E-state index in [9.17, 15) is 9.90 Å². The maximum Gasteiger partial charge on any atom is 0.320 e. The monoisotopic (exact) mass is 259 g/mol. The topological polar surface area (TPSA) is 53.7 Å². The Morgan fingerprint density at radius 1 is 1.37 bits per heavy atom. The molecule has 3 rings (SSSR count). The summed E-state index contributed by atoms with van der Waals surface area (Å²) in [6.45, 7) is 1.49. The van der Waals surface area contributed by atoms with E-state index in [4.69, 9.17) is 4.42 Å². The maximum absolute atomic E-state index is 11.3. The number of nitrogens with zero attached hydrogens (tertiary/aromatic N) is 1. The van der Waals surface area contributed by atoms with Crippen LogP contribution in [-0.2, 0) is 11.3 Å². The van der Waals surface area contributed by atoms with E-state index < -0.39 is 5.97 Å². The minimum absolute atomic E-state index is 0.359. The van der Waals surface area contributed by atoms with Crippen molar-refractivity contribution in [2.75, 3.05) is 6.54 Å². The first-order valence-electron chi connectivity index (χ1n) is 6.67. The van der Waals surface area contributed by atoms with Gasteiger partial charge in [-0.05, 0) is 25.5 Å². The van der Waals surface area contributed by atoms with Crippen LogP contribution >= 0.6 is 0 Å². The normalized spacial score (nSPS) is 20.7. The van der Waals surface area contributed by atoms with Crippen molar-refractivity contribution < 1.29 is 14.3 Å². The first kappa shape index (κ1) is 12.2. The zero-order valence-corrected chi connectivity index (χ0v) is 10.7. The molecule has 1 fully saturated rings. The summed E-state index contributed by atoms with van der Waals surface area (Å²) >= 11 is 0. The molecule has 0 spiro atoms. The van der Waals surface area contributed by atoms with E-state index in [1.807, 2.05) is 29.2 Å². The first-order valence-corrected chi connectivity index (χ1v) is 6.67. The molecule has 1 N–H and O–H groups in total. The highest BCUT2D eigenvalue weighted by Crippen LogP contribution is 2.25. The second-order valence-electron chi connectivity index (χ2n) is 5.08. The molecule has 100 valence electrons. The van der Waals surface area contributed by atoms with Gasteiger partial charge in [-0.25, -0.2) is 0 Å². The molecule has 1 saturated heterocycles. The van der Waals surface area contributed by atoms with Crippen LogP contribution < -0.4 is 0 Å². The van der Waals surface area contributed by atoms with Gasteiger partial charge in [-0.15, -0.1) is 0 Å². The highest BCUT2D eigenvalue weighted by atomic mass is 16.4. The molecular formula is C15H17NO3. The molecule has 0 aliphatic carbocycles. The van der Waals surface area contributed by atoms with Crippen LogP contribution in [0.25, 0.3) is 11.0 Å². The minimum atomic E-state index is -0.715. The van der Waals surface area contributed by atoms with Gasteiger partial charge in [0.25, 0.3) is 0 Å². The second-order valence-corrected chi connectivity index (χ2v) is 5.08. The van der Waals surface area contributed by atoms with Gasteiger partial charge in [0.1, 0.15) is 11.6 Å². The van der Waals surface area contributed by atoms with Gasteiger partial charge in [-0.3, -0.25) is 9.69 Å². The fraction of sp³-hybridized carbons (Fsp3) is 0.400. The van der Waals surface area contributed by atoms with Gasteiger partial charge in [0.15, 0.2) is 0 Å². The third-order valence-corrected chi connectivity index (χ3v) is 3.83. The van der Waals surface area contributed by atoms with Gasteiger partial charge in [-0.1, -0.05) is 24.6 Å². The lowest BCUT2D eigenvalue weighted by Crippen LogP contribution is -2.43. The minimum Gasteiger partial charge on any atom is -0.480 e. The summed E-state index contributed by atoms with van der Waals surface area (Å²) in [6.07, 6.45) is 4.56. The number of hydrogen-bond acceptors (Lipinski definition) is 3. The van der Waals surface area contributed by atoms with E-state index in [0.29, 0.717) is 6.54 Å². The highest BCUT2D eigenvalue weighted by Gasteiger charge is 2.28. The molecular weight excluding hydrogens is 242 g/mol. The van der Waals surface area contributed by atoms with Gasteiger partial charge in [-0.2, -0.15) is 0 Å². The van der Waals surface area contributed by atoms with Crippen molar-refractivity contribution in [2.24, 2.45) is 0 Å². The maximum atomic E-state index is 11.3. The molecule has 1 aromatic heterocycles. The number of carboxylic acid groups (broad SMARTS) is 1. The molecule has 0 bridgehead atoms. The van der Waals surface area contributed by atoms with Crippen LogP contribution in [-0.4, -0.2) is 28.6 Å². The summed E-state index contributed by atoms with van der Waals surface area (Å²) in [5, 5.41) is 10.4. The van der Waals surface area contributed by atoms with E-state index in [0.717, 1.165) is 42.3 Å². The first-order chi connectivity index (χ1) is 9.25. The van der Waals surface area contributed by atoms with Crippen LogP contribution in [0.15, 0.2) is 34.9 Å². The van der Waals surface area contributed by atoms with Crippen molar-refractivity contribution in [1.29, 1.82) is 0 Å². The third kappa shape index (κ3) is 2.36. The molecule has 1 aromatic carbocycles. The van der Waals surface area contributed by atoms with Crippen molar-refractivity contribution in [1.82, 2.24) is 4.90 Å². The van der Waals surface area contributed by atoms with Crippen molar-refractivity contribution in [3.05, 3.63) is 36.1 Å². The summed E-state index contributed by atoms with van der Waals surface area (Å²) in [4.78, 5) is 13.3. The molecule has 19 heavy (non-hydrogen) atoms. The number of furan rings is 1. The molecule has 1 atom stereocenters. The van der Waals surface area contributed by atoms with Crippen LogP contribution in [0.2, 0.25) is 0 Å². The Bertz CT molecular complexity index is 590. The van der Waals surface area contributed by atoms with Gasteiger partial charge >= 0.3 is 5.97 Å². The number of carbonyl (C=O) groups is 1. The zero-order valence-electron chi connectivity index (χ0n) is 10.7. The van der Waals surface area contributed by atoms with Gasteiger partial charge in [0.05, 0.1) is 6.26 Å². The summed E-state index contributed by atoms with van der Waals surface area (Å²) < 4.78 is 5.51. The number of benzene rings is 1. The molecule has 4 heteroatoms. The van der Waals surface area contributed by atoms with E-state index in [1.165, 1.54) is 0 Å². The number of likely N-dealkylation sites (tertiary alicyclic amines) is 1. The predicted molar refractivity (Wildman–Crippen MR) is 71.9 cm³/mol. The quantitative estimate of drug-likeness (QED) is 0.920. The Labute approximate surface area is 111 Å². The summed E-state index contributed by atoms with van der Waals surface area (Å²) in [5.41, 5.74) is 1.94. The lowest BCUT2D eigenvalue weighted by atomic mass is 10.0. The Morgan fingerprint density at radius 2 is 2.21 bits per heavy atom. The Hall–Kier alpha value is -1.81. The molecule has 2 heterocycles. The highest BCUT2D eigenvalue weighted by molar-refractivity contribution is 5.81.